The van der Waals surface area contributed by atoms with Crippen LogP contribution in [0.25, 0.3) is 0 Å². The fraction of sp³-hybridized carbons (Fsp3) is 0.556. The SMILES string of the molecule is CCOC(=O)C1=C(C)N2CCN=C2S1.Cl. The number of rotatable bonds is 2. The van der Waals surface area contributed by atoms with Gasteiger partial charge in [-0.25, -0.2) is 4.79 Å². The van der Waals surface area contributed by atoms with Gasteiger partial charge in [-0.1, -0.05) is 0 Å². The van der Waals surface area contributed by atoms with E-state index in [9.17, 15) is 4.79 Å². The Morgan fingerprint density at radius 1 is 1.67 bits per heavy atom. The summed E-state index contributed by atoms with van der Waals surface area (Å²) in [6.07, 6.45) is 0. The molecule has 2 rings (SSSR count). The zero-order chi connectivity index (χ0) is 10.1. The molecule has 0 saturated heterocycles. The zero-order valence-corrected chi connectivity index (χ0v) is 10.3. The van der Waals surface area contributed by atoms with Gasteiger partial charge in [0.1, 0.15) is 4.91 Å². The number of carbonyl (C=O) groups excluding carboxylic acids is 1. The van der Waals surface area contributed by atoms with Crippen LogP contribution in [-0.2, 0) is 9.53 Å². The fourth-order valence-corrected chi connectivity index (χ4v) is 2.58. The predicted molar refractivity (Wildman–Crippen MR) is 63.2 cm³/mol. The summed E-state index contributed by atoms with van der Waals surface area (Å²) >= 11 is 1.42. The van der Waals surface area contributed by atoms with Crippen LogP contribution in [0.5, 0.6) is 0 Å². The maximum Gasteiger partial charge on any atom is 0.346 e. The van der Waals surface area contributed by atoms with Gasteiger partial charge in [0, 0.05) is 12.2 Å². The average molecular weight is 249 g/mol. The first-order valence-corrected chi connectivity index (χ1v) is 5.43. The Bertz CT molecular complexity index is 341. The maximum absolute atomic E-state index is 11.5. The van der Waals surface area contributed by atoms with E-state index < -0.39 is 0 Å². The van der Waals surface area contributed by atoms with Crippen LogP contribution in [0.3, 0.4) is 0 Å². The Kier molecular flexibility index (Phi) is 4.04. The number of carbonyl (C=O) groups is 1. The number of aliphatic imine (C=N–C) groups is 1. The quantitative estimate of drug-likeness (QED) is 0.697. The van der Waals surface area contributed by atoms with Gasteiger partial charge in [0.2, 0.25) is 0 Å². The van der Waals surface area contributed by atoms with Crippen LogP contribution in [0.2, 0.25) is 0 Å². The Morgan fingerprint density at radius 2 is 2.40 bits per heavy atom. The minimum Gasteiger partial charge on any atom is -0.462 e. The number of ether oxygens (including phenoxy) is 1. The lowest BCUT2D eigenvalue weighted by molar-refractivity contribution is -0.137. The van der Waals surface area contributed by atoms with Crippen molar-refractivity contribution < 1.29 is 9.53 Å². The molecule has 0 amide bonds. The summed E-state index contributed by atoms with van der Waals surface area (Å²) in [4.78, 5) is 18.6. The van der Waals surface area contributed by atoms with Crippen molar-refractivity contribution in [1.82, 2.24) is 4.90 Å². The van der Waals surface area contributed by atoms with Crippen LogP contribution in [0.15, 0.2) is 15.6 Å². The first-order chi connectivity index (χ1) is 6.74. The molecule has 84 valence electrons. The van der Waals surface area contributed by atoms with Crippen molar-refractivity contribution >= 4 is 35.3 Å². The molecule has 0 aromatic heterocycles. The summed E-state index contributed by atoms with van der Waals surface area (Å²) in [5, 5.41) is 0.936. The van der Waals surface area contributed by atoms with E-state index in [2.05, 4.69) is 9.89 Å². The van der Waals surface area contributed by atoms with Crippen LogP contribution in [-0.4, -0.2) is 35.7 Å². The number of fused-ring (bicyclic) bond motifs is 1. The smallest absolute Gasteiger partial charge is 0.346 e. The van der Waals surface area contributed by atoms with E-state index in [0.29, 0.717) is 11.5 Å². The third kappa shape index (κ3) is 2.13. The van der Waals surface area contributed by atoms with Gasteiger partial charge >= 0.3 is 5.97 Å². The van der Waals surface area contributed by atoms with Crippen molar-refractivity contribution in [2.75, 3.05) is 19.7 Å². The molecular formula is C9H13ClN2O2S. The number of hydrogen-bond acceptors (Lipinski definition) is 5. The molecule has 0 fully saturated rings. The molecule has 15 heavy (non-hydrogen) atoms. The van der Waals surface area contributed by atoms with Crippen molar-refractivity contribution in [2.24, 2.45) is 4.99 Å². The number of amidine groups is 1. The molecular weight excluding hydrogens is 236 g/mol. The Balaban J connectivity index is 0.00000112. The fourth-order valence-electron chi connectivity index (χ4n) is 1.50. The molecule has 0 radical (unpaired) electrons. The number of halogens is 1. The molecule has 4 nitrogen and oxygen atoms in total. The van der Waals surface area contributed by atoms with Crippen LogP contribution < -0.4 is 0 Å². The highest BCUT2D eigenvalue weighted by atomic mass is 35.5. The summed E-state index contributed by atoms with van der Waals surface area (Å²) in [6.45, 7) is 5.88. The molecule has 0 aliphatic carbocycles. The van der Waals surface area contributed by atoms with Gasteiger partial charge in [0.25, 0.3) is 0 Å². The van der Waals surface area contributed by atoms with E-state index in [1.54, 1.807) is 0 Å². The van der Waals surface area contributed by atoms with E-state index in [0.717, 1.165) is 24.0 Å². The Hall–Kier alpha value is -0.680. The molecule has 2 heterocycles. The third-order valence-corrected chi connectivity index (χ3v) is 3.39. The van der Waals surface area contributed by atoms with E-state index in [4.69, 9.17) is 4.74 Å². The molecule has 0 N–H and O–H groups in total. The Morgan fingerprint density at radius 3 is 3.00 bits per heavy atom. The van der Waals surface area contributed by atoms with Gasteiger partial charge in [0.05, 0.1) is 13.2 Å². The van der Waals surface area contributed by atoms with Gasteiger partial charge in [0.15, 0.2) is 5.17 Å². The zero-order valence-electron chi connectivity index (χ0n) is 8.65. The summed E-state index contributed by atoms with van der Waals surface area (Å²) in [6, 6.07) is 0. The number of hydrogen-bond donors (Lipinski definition) is 0. The summed E-state index contributed by atoms with van der Waals surface area (Å²) < 4.78 is 4.96. The third-order valence-electron chi connectivity index (χ3n) is 2.19. The van der Waals surface area contributed by atoms with Gasteiger partial charge in [-0.3, -0.25) is 4.99 Å². The molecule has 0 aromatic carbocycles. The van der Waals surface area contributed by atoms with Crippen LogP contribution in [0, 0.1) is 0 Å². The summed E-state index contributed by atoms with van der Waals surface area (Å²) in [7, 11) is 0. The molecule has 6 heteroatoms. The highest BCUT2D eigenvalue weighted by Crippen LogP contribution is 2.36. The molecule has 2 aliphatic rings. The van der Waals surface area contributed by atoms with Gasteiger partial charge < -0.3 is 9.64 Å². The summed E-state index contributed by atoms with van der Waals surface area (Å²) in [5.41, 5.74) is 0.977. The monoisotopic (exact) mass is 248 g/mol. The molecule has 0 atom stereocenters. The standard InChI is InChI=1S/C9H12N2O2S.ClH/c1-3-13-8(12)7-6(2)11-5-4-10-9(11)14-7;/h3-5H2,1-2H3;1H. The summed E-state index contributed by atoms with van der Waals surface area (Å²) in [5.74, 6) is -0.230. The van der Waals surface area contributed by atoms with Crippen molar-refractivity contribution in [2.45, 2.75) is 13.8 Å². The minimum absolute atomic E-state index is 0. The average Bonchev–Trinajstić information content (AvgIpc) is 2.69. The lowest BCUT2D eigenvalue weighted by atomic mass is 10.4. The van der Waals surface area contributed by atoms with Crippen molar-refractivity contribution in [3.8, 4) is 0 Å². The number of nitrogens with zero attached hydrogens (tertiary/aromatic N) is 2. The first-order valence-electron chi connectivity index (χ1n) is 4.62. The predicted octanol–water partition coefficient (Wildman–Crippen LogP) is 1.62. The number of allylic oxidation sites excluding steroid dienone is 1. The second-order valence-electron chi connectivity index (χ2n) is 3.05. The molecule has 0 bridgehead atoms. The van der Waals surface area contributed by atoms with Crippen molar-refractivity contribution in [3.63, 3.8) is 0 Å². The minimum atomic E-state index is -0.230. The molecule has 0 aromatic rings. The highest BCUT2D eigenvalue weighted by Gasteiger charge is 2.33. The van der Waals surface area contributed by atoms with E-state index in [1.807, 2.05) is 13.8 Å². The van der Waals surface area contributed by atoms with E-state index in [1.165, 1.54) is 11.8 Å². The van der Waals surface area contributed by atoms with Crippen LogP contribution >= 0.6 is 24.2 Å². The van der Waals surface area contributed by atoms with Gasteiger partial charge in [-0.05, 0) is 25.6 Å². The molecule has 0 spiro atoms. The Labute approximate surface area is 99.2 Å². The molecule has 0 saturated carbocycles. The van der Waals surface area contributed by atoms with Crippen molar-refractivity contribution in [1.29, 1.82) is 0 Å². The molecule has 0 unspecified atom stereocenters. The number of esters is 1. The second kappa shape index (κ2) is 4.90. The largest absolute Gasteiger partial charge is 0.462 e. The lowest BCUT2D eigenvalue weighted by Crippen LogP contribution is -2.19. The number of thioether (sulfide) groups is 1. The van der Waals surface area contributed by atoms with Crippen LogP contribution in [0.1, 0.15) is 13.8 Å². The first kappa shape index (κ1) is 12.4. The second-order valence-corrected chi connectivity index (χ2v) is 4.03. The van der Waals surface area contributed by atoms with E-state index in [-0.39, 0.29) is 18.4 Å². The van der Waals surface area contributed by atoms with Crippen LogP contribution in [0.4, 0.5) is 0 Å². The maximum atomic E-state index is 11.5. The van der Waals surface area contributed by atoms with Crippen molar-refractivity contribution in [3.05, 3.63) is 10.6 Å². The van der Waals surface area contributed by atoms with Gasteiger partial charge in [-0.15, -0.1) is 12.4 Å². The topological polar surface area (TPSA) is 41.9 Å². The molecule has 2 aliphatic heterocycles. The van der Waals surface area contributed by atoms with Gasteiger partial charge in [-0.2, -0.15) is 0 Å². The lowest BCUT2D eigenvalue weighted by Gasteiger charge is -2.11. The van der Waals surface area contributed by atoms with E-state index >= 15 is 0 Å². The highest BCUT2D eigenvalue weighted by molar-refractivity contribution is 8.18. The normalized spacial score (nSPS) is 18.5.